The molecule has 1 aliphatic heterocycles. The number of pyridine rings is 1. The van der Waals surface area contributed by atoms with Crippen molar-refractivity contribution in [1.29, 1.82) is 0 Å². The first kappa shape index (κ1) is 13.6. The van der Waals surface area contributed by atoms with Crippen molar-refractivity contribution in [2.45, 2.75) is 51.0 Å². The van der Waals surface area contributed by atoms with Crippen LogP contribution in [0.5, 0.6) is 0 Å². The normalized spacial score (nSPS) is 24.9. The van der Waals surface area contributed by atoms with Gasteiger partial charge in [-0.25, -0.2) is 0 Å². The molecule has 0 unspecified atom stereocenters. The van der Waals surface area contributed by atoms with E-state index in [1.807, 2.05) is 6.21 Å². The average Bonchev–Trinajstić information content (AvgIpc) is 2.80. The summed E-state index contributed by atoms with van der Waals surface area (Å²) in [5.74, 6) is 1.45. The fraction of sp³-hybridized carbons (Fsp3) is 0.471. The van der Waals surface area contributed by atoms with Crippen LogP contribution in [0.25, 0.3) is 5.65 Å². The third-order valence-electron chi connectivity index (χ3n) is 4.75. The molecule has 1 aliphatic carbocycles. The maximum atomic E-state index is 6.13. The second-order valence-corrected chi connectivity index (χ2v) is 6.56. The summed E-state index contributed by atoms with van der Waals surface area (Å²) < 4.78 is 2.11. The minimum atomic E-state index is 0.289. The molecule has 2 N–H and O–H groups in total. The summed E-state index contributed by atoms with van der Waals surface area (Å²) in [5.41, 5.74) is 10.6. The molecule has 3 heterocycles. The molecule has 1 saturated carbocycles. The number of allylic oxidation sites excluding steroid dienone is 2. The highest BCUT2D eigenvalue weighted by Crippen LogP contribution is 2.33. The highest BCUT2D eigenvalue weighted by molar-refractivity contribution is 5.78. The lowest BCUT2D eigenvalue weighted by atomic mass is 9.85. The zero-order valence-electron chi connectivity index (χ0n) is 12.9. The number of nitrogens with zero attached hydrogens (tertiary/aromatic N) is 4. The smallest absolute Gasteiger partial charge is 0.161 e. The largest absolute Gasteiger partial charge is 0.328 e. The van der Waals surface area contributed by atoms with E-state index in [2.05, 4.69) is 44.9 Å². The molecule has 114 valence electrons. The zero-order valence-corrected chi connectivity index (χ0v) is 12.9. The summed E-state index contributed by atoms with van der Waals surface area (Å²) in [6.07, 6.45) is 11.4. The molecule has 4 rings (SSSR count). The summed E-state index contributed by atoms with van der Waals surface area (Å²) in [6, 6.07) is 2.41. The van der Waals surface area contributed by atoms with E-state index in [1.54, 1.807) is 0 Å². The van der Waals surface area contributed by atoms with Crippen LogP contribution < -0.4 is 5.73 Å². The van der Waals surface area contributed by atoms with Gasteiger partial charge in [-0.05, 0) is 50.3 Å². The molecule has 0 saturated heterocycles. The summed E-state index contributed by atoms with van der Waals surface area (Å²) in [4.78, 5) is 4.57. The summed E-state index contributed by atoms with van der Waals surface area (Å²) in [7, 11) is 0. The Bertz CT molecular complexity index is 771. The molecule has 0 radical (unpaired) electrons. The van der Waals surface area contributed by atoms with E-state index in [-0.39, 0.29) is 6.04 Å². The fourth-order valence-corrected chi connectivity index (χ4v) is 3.58. The molecule has 5 nitrogen and oxygen atoms in total. The van der Waals surface area contributed by atoms with Crippen LogP contribution in [0.15, 0.2) is 28.9 Å². The lowest BCUT2D eigenvalue weighted by Gasteiger charge is -2.25. The first-order chi connectivity index (χ1) is 10.7. The van der Waals surface area contributed by atoms with Crippen LogP contribution in [0.4, 0.5) is 5.69 Å². The molecule has 2 aliphatic rings. The van der Waals surface area contributed by atoms with Gasteiger partial charge in [0.25, 0.3) is 0 Å². The molecule has 0 bridgehead atoms. The van der Waals surface area contributed by atoms with E-state index < -0.39 is 0 Å². The van der Waals surface area contributed by atoms with Crippen LogP contribution in [-0.2, 0) is 6.42 Å². The lowest BCUT2D eigenvalue weighted by Crippen LogP contribution is -2.27. The van der Waals surface area contributed by atoms with Crippen LogP contribution in [0, 0.1) is 0 Å². The van der Waals surface area contributed by atoms with Crippen molar-refractivity contribution in [3.05, 3.63) is 35.3 Å². The summed E-state index contributed by atoms with van der Waals surface area (Å²) in [5, 5.41) is 8.84. The van der Waals surface area contributed by atoms with Crippen molar-refractivity contribution in [3.63, 3.8) is 0 Å². The second-order valence-electron chi connectivity index (χ2n) is 6.56. The van der Waals surface area contributed by atoms with Gasteiger partial charge in [-0.1, -0.05) is 12.0 Å². The van der Waals surface area contributed by atoms with E-state index >= 15 is 0 Å². The molecule has 0 aromatic carbocycles. The van der Waals surface area contributed by atoms with Gasteiger partial charge in [-0.2, -0.15) is 0 Å². The quantitative estimate of drug-likeness (QED) is 0.879. The van der Waals surface area contributed by atoms with Gasteiger partial charge in [-0.15, -0.1) is 10.2 Å². The van der Waals surface area contributed by atoms with Crippen LogP contribution in [0.2, 0.25) is 0 Å². The molecule has 2 aromatic heterocycles. The predicted molar refractivity (Wildman–Crippen MR) is 87.8 cm³/mol. The van der Waals surface area contributed by atoms with Crippen molar-refractivity contribution in [2.75, 3.05) is 0 Å². The Hall–Kier alpha value is -2.01. The van der Waals surface area contributed by atoms with Crippen LogP contribution in [0.3, 0.4) is 0 Å². The lowest BCUT2D eigenvalue weighted by molar-refractivity contribution is 0.380. The Kier molecular flexibility index (Phi) is 3.30. The first-order valence-electron chi connectivity index (χ1n) is 8.03. The number of hydrogen-bond acceptors (Lipinski definition) is 4. The number of rotatable bonds is 1. The number of nitrogens with two attached hydrogens (primary N) is 1. The topological polar surface area (TPSA) is 68.6 Å². The van der Waals surface area contributed by atoms with Gasteiger partial charge in [-0.3, -0.25) is 9.39 Å². The van der Waals surface area contributed by atoms with Crippen LogP contribution in [-0.4, -0.2) is 26.9 Å². The third kappa shape index (κ3) is 2.35. The van der Waals surface area contributed by atoms with Crippen LogP contribution >= 0.6 is 0 Å². The number of aliphatic imine (C=N–C) groups is 1. The molecule has 0 spiro atoms. The van der Waals surface area contributed by atoms with Crippen LogP contribution in [0.1, 0.15) is 49.9 Å². The SMILES string of the molecule is CC1=CC=Nc2cn3c([C@H]4CCC[C@@H](N)C4)nnc3cc2C1. The van der Waals surface area contributed by atoms with Crippen molar-refractivity contribution in [2.24, 2.45) is 10.7 Å². The van der Waals surface area contributed by atoms with E-state index in [4.69, 9.17) is 5.73 Å². The Balaban J connectivity index is 1.78. The molecule has 0 amide bonds. The standard InChI is InChI=1S/C17H21N5/c1-11-5-6-19-15-10-22-16(9-13(15)7-11)20-21-17(22)12-3-2-4-14(18)8-12/h5-6,9-10,12,14H,2-4,7-8,18H2,1H3/t12-,14+/m0/s1. The second kappa shape index (κ2) is 5.32. The highest BCUT2D eigenvalue weighted by Gasteiger charge is 2.25. The van der Waals surface area contributed by atoms with Gasteiger partial charge < -0.3 is 5.73 Å². The fourth-order valence-electron chi connectivity index (χ4n) is 3.58. The van der Waals surface area contributed by atoms with Crippen molar-refractivity contribution in [3.8, 4) is 0 Å². The highest BCUT2D eigenvalue weighted by atomic mass is 15.2. The summed E-state index contributed by atoms with van der Waals surface area (Å²) in [6.45, 7) is 2.13. The molecule has 22 heavy (non-hydrogen) atoms. The molecular formula is C17H21N5. The Morgan fingerprint density at radius 3 is 3.05 bits per heavy atom. The third-order valence-corrected chi connectivity index (χ3v) is 4.75. The number of hydrogen-bond donors (Lipinski definition) is 1. The van der Waals surface area contributed by atoms with E-state index in [9.17, 15) is 0 Å². The van der Waals surface area contributed by atoms with E-state index in [0.717, 1.165) is 42.8 Å². The van der Waals surface area contributed by atoms with Crippen molar-refractivity contribution < 1.29 is 0 Å². The maximum absolute atomic E-state index is 6.13. The molecule has 1 fully saturated rings. The van der Waals surface area contributed by atoms with Gasteiger partial charge in [0, 0.05) is 24.4 Å². The molecular weight excluding hydrogens is 274 g/mol. The molecule has 2 atom stereocenters. The summed E-state index contributed by atoms with van der Waals surface area (Å²) >= 11 is 0. The first-order valence-corrected chi connectivity index (χ1v) is 8.03. The average molecular weight is 295 g/mol. The van der Waals surface area contributed by atoms with Gasteiger partial charge in [0.2, 0.25) is 0 Å². The molecule has 5 heteroatoms. The minimum Gasteiger partial charge on any atom is -0.328 e. The Morgan fingerprint density at radius 2 is 2.18 bits per heavy atom. The Labute approximate surface area is 130 Å². The van der Waals surface area contributed by atoms with E-state index in [0.29, 0.717) is 5.92 Å². The zero-order chi connectivity index (χ0) is 15.1. The van der Waals surface area contributed by atoms with Crippen molar-refractivity contribution >= 4 is 17.5 Å². The van der Waals surface area contributed by atoms with Gasteiger partial charge in [0.15, 0.2) is 5.65 Å². The maximum Gasteiger partial charge on any atom is 0.161 e. The monoisotopic (exact) mass is 295 g/mol. The van der Waals surface area contributed by atoms with Gasteiger partial charge in [0.1, 0.15) is 5.82 Å². The van der Waals surface area contributed by atoms with Gasteiger partial charge in [0.05, 0.1) is 5.69 Å². The minimum absolute atomic E-state index is 0.289. The van der Waals surface area contributed by atoms with E-state index in [1.165, 1.54) is 17.6 Å². The number of fused-ring (bicyclic) bond motifs is 2. The number of aromatic nitrogens is 3. The van der Waals surface area contributed by atoms with Crippen molar-refractivity contribution in [1.82, 2.24) is 14.6 Å². The predicted octanol–water partition coefficient (Wildman–Crippen LogP) is 2.92. The van der Waals surface area contributed by atoms with Gasteiger partial charge >= 0.3 is 0 Å². The Morgan fingerprint density at radius 1 is 1.27 bits per heavy atom. The molecule has 2 aromatic rings.